The summed E-state index contributed by atoms with van der Waals surface area (Å²) >= 11 is 0. The minimum atomic E-state index is -4.29. The first-order valence-electron chi connectivity index (χ1n) is 10.1. The third-order valence-electron chi connectivity index (χ3n) is 4.62. The van der Waals surface area contributed by atoms with E-state index in [1.54, 1.807) is 30.3 Å². The monoisotopic (exact) mass is 462 g/mol. The van der Waals surface area contributed by atoms with E-state index in [-0.39, 0.29) is 4.90 Å². The van der Waals surface area contributed by atoms with Crippen LogP contribution in [0.5, 0.6) is 0 Å². The van der Waals surface area contributed by atoms with Gasteiger partial charge in [-0.25, -0.2) is 0 Å². The molecule has 0 fully saturated rings. The smallest absolute Gasteiger partial charge is 0.294 e. The lowest BCUT2D eigenvalue weighted by atomic mass is 10.2. The molecule has 3 rings (SSSR count). The molecule has 168 valence electrons. The van der Waals surface area contributed by atoms with Crippen LogP contribution in [-0.2, 0) is 10.1 Å². The summed E-state index contributed by atoms with van der Waals surface area (Å²) in [7, 11) is -4.29. The van der Waals surface area contributed by atoms with E-state index < -0.39 is 10.1 Å². The summed E-state index contributed by atoms with van der Waals surface area (Å²) < 4.78 is 31.5. The maximum absolute atomic E-state index is 11.2. The van der Waals surface area contributed by atoms with Crippen molar-refractivity contribution in [1.82, 2.24) is 0 Å². The fourth-order valence-electron chi connectivity index (χ4n) is 2.91. The van der Waals surface area contributed by atoms with Crippen molar-refractivity contribution < 1.29 is 13.0 Å². The minimum Gasteiger partial charge on any atom is -0.371 e. The topological polar surface area (TPSA) is 131 Å². The summed E-state index contributed by atoms with van der Waals surface area (Å²) in [5.41, 5.74) is 3.22. The van der Waals surface area contributed by atoms with Crippen LogP contribution in [0.15, 0.2) is 98.1 Å². The maximum atomic E-state index is 11.2. The van der Waals surface area contributed by atoms with E-state index in [9.17, 15) is 8.42 Å². The standard InChI is InChI=1S/C23H22N6O3S/c1-2-29(16-4-15-24)22-13-11-20(12-14-22)26-25-18-7-9-19(10-8-18)27-28-21-5-3-6-23(17-21)33(30,31)32/h3,5-14,17H,2,4,16H2,1H3,(H,30,31,32). The van der Waals surface area contributed by atoms with Crippen molar-refractivity contribution in [3.8, 4) is 6.07 Å². The van der Waals surface area contributed by atoms with Crippen molar-refractivity contribution in [1.29, 1.82) is 5.26 Å². The first kappa shape index (κ1) is 23.7. The van der Waals surface area contributed by atoms with E-state index in [1.165, 1.54) is 18.2 Å². The van der Waals surface area contributed by atoms with Crippen LogP contribution in [0.3, 0.4) is 0 Å². The third kappa shape index (κ3) is 7.03. The van der Waals surface area contributed by atoms with Crippen molar-refractivity contribution in [2.75, 3.05) is 18.0 Å². The van der Waals surface area contributed by atoms with Gasteiger partial charge in [-0.2, -0.15) is 34.1 Å². The number of nitriles is 1. The number of rotatable bonds is 9. The molecule has 10 heteroatoms. The van der Waals surface area contributed by atoms with Gasteiger partial charge in [-0.1, -0.05) is 6.07 Å². The number of anilines is 1. The zero-order chi connectivity index (χ0) is 23.7. The van der Waals surface area contributed by atoms with Gasteiger partial charge in [0.2, 0.25) is 0 Å². The van der Waals surface area contributed by atoms with Gasteiger partial charge in [-0.05, 0) is 73.7 Å². The maximum Gasteiger partial charge on any atom is 0.294 e. The van der Waals surface area contributed by atoms with Crippen molar-refractivity contribution in [3.63, 3.8) is 0 Å². The highest BCUT2D eigenvalue weighted by Gasteiger charge is 2.09. The number of azo groups is 2. The molecule has 0 saturated carbocycles. The molecule has 0 saturated heterocycles. The number of hydrogen-bond acceptors (Lipinski definition) is 8. The molecule has 0 radical (unpaired) electrons. The van der Waals surface area contributed by atoms with Crippen LogP contribution in [0, 0.1) is 11.3 Å². The molecule has 33 heavy (non-hydrogen) atoms. The second kappa shape index (κ2) is 11.1. The van der Waals surface area contributed by atoms with Crippen LogP contribution < -0.4 is 4.90 Å². The lowest BCUT2D eigenvalue weighted by Crippen LogP contribution is -2.23. The van der Waals surface area contributed by atoms with Gasteiger partial charge in [-0.15, -0.1) is 0 Å². The lowest BCUT2D eigenvalue weighted by Gasteiger charge is -2.21. The molecule has 0 atom stereocenters. The molecule has 0 amide bonds. The zero-order valence-corrected chi connectivity index (χ0v) is 18.7. The summed E-state index contributed by atoms with van der Waals surface area (Å²) in [5.74, 6) is 0. The highest BCUT2D eigenvalue weighted by molar-refractivity contribution is 7.85. The second-order valence-electron chi connectivity index (χ2n) is 6.89. The fourth-order valence-corrected chi connectivity index (χ4v) is 3.43. The molecule has 3 aromatic carbocycles. The average molecular weight is 463 g/mol. The highest BCUT2D eigenvalue weighted by atomic mass is 32.2. The summed E-state index contributed by atoms with van der Waals surface area (Å²) in [6.45, 7) is 3.55. The van der Waals surface area contributed by atoms with Gasteiger partial charge in [0, 0.05) is 18.8 Å². The molecule has 0 heterocycles. The number of hydrogen-bond donors (Lipinski definition) is 1. The predicted octanol–water partition coefficient (Wildman–Crippen LogP) is 6.50. The molecule has 0 aliphatic heterocycles. The first-order valence-corrected chi connectivity index (χ1v) is 11.6. The normalized spacial score (nSPS) is 11.7. The van der Waals surface area contributed by atoms with Gasteiger partial charge < -0.3 is 4.90 Å². The van der Waals surface area contributed by atoms with E-state index in [1.807, 2.05) is 31.2 Å². The van der Waals surface area contributed by atoms with Crippen molar-refractivity contribution in [3.05, 3.63) is 72.8 Å². The summed E-state index contributed by atoms with van der Waals surface area (Å²) in [5, 5.41) is 25.3. The van der Waals surface area contributed by atoms with E-state index in [0.29, 0.717) is 35.7 Å². The third-order valence-corrected chi connectivity index (χ3v) is 5.47. The summed E-state index contributed by atoms with van der Waals surface area (Å²) in [6, 6.07) is 22.3. The van der Waals surface area contributed by atoms with E-state index in [4.69, 9.17) is 9.81 Å². The molecule has 3 aromatic rings. The number of nitrogens with zero attached hydrogens (tertiary/aromatic N) is 6. The fraction of sp³-hybridized carbons (Fsp3) is 0.174. The van der Waals surface area contributed by atoms with E-state index in [0.717, 1.165) is 12.2 Å². The molecule has 0 unspecified atom stereocenters. The van der Waals surface area contributed by atoms with Crippen LogP contribution in [0.2, 0.25) is 0 Å². The van der Waals surface area contributed by atoms with Gasteiger partial charge in [0.15, 0.2) is 0 Å². The Bertz CT molecular complexity index is 1280. The van der Waals surface area contributed by atoms with Crippen LogP contribution in [0.4, 0.5) is 28.4 Å². The molecule has 0 aliphatic carbocycles. The molecule has 9 nitrogen and oxygen atoms in total. The quantitative estimate of drug-likeness (QED) is 0.286. The van der Waals surface area contributed by atoms with Crippen LogP contribution in [-0.4, -0.2) is 26.1 Å². The van der Waals surface area contributed by atoms with Gasteiger partial charge in [0.25, 0.3) is 10.1 Å². The Hall–Kier alpha value is -3.94. The van der Waals surface area contributed by atoms with Gasteiger partial charge in [0.05, 0.1) is 40.1 Å². The first-order chi connectivity index (χ1) is 15.9. The van der Waals surface area contributed by atoms with Crippen LogP contribution in [0.1, 0.15) is 13.3 Å². The van der Waals surface area contributed by atoms with Gasteiger partial charge in [-0.3, -0.25) is 4.55 Å². The Morgan fingerprint density at radius 2 is 1.36 bits per heavy atom. The van der Waals surface area contributed by atoms with Crippen molar-refractivity contribution in [2.24, 2.45) is 20.5 Å². The van der Waals surface area contributed by atoms with Crippen LogP contribution in [0.25, 0.3) is 0 Å². The molecular formula is C23H22N6O3S. The molecule has 1 N–H and O–H groups in total. The largest absolute Gasteiger partial charge is 0.371 e. The number of benzene rings is 3. The zero-order valence-electron chi connectivity index (χ0n) is 17.9. The van der Waals surface area contributed by atoms with Gasteiger partial charge >= 0.3 is 0 Å². The molecule has 0 aromatic heterocycles. The van der Waals surface area contributed by atoms with E-state index >= 15 is 0 Å². The molecule has 0 bridgehead atoms. The van der Waals surface area contributed by atoms with Crippen molar-refractivity contribution >= 4 is 38.6 Å². The SMILES string of the molecule is CCN(CCC#N)c1ccc(N=Nc2ccc(N=Nc3cccc(S(=O)(=O)O)c3)cc2)cc1. The minimum absolute atomic E-state index is 0.243. The van der Waals surface area contributed by atoms with Crippen LogP contribution >= 0.6 is 0 Å². The average Bonchev–Trinajstić information content (AvgIpc) is 2.83. The summed E-state index contributed by atoms with van der Waals surface area (Å²) in [6.07, 6.45) is 0.474. The predicted molar refractivity (Wildman–Crippen MR) is 126 cm³/mol. The summed E-state index contributed by atoms with van der Waals surface area (Å²) in [4.78, 5) is 1.88. The Morgan fingerprint density at radius 3 is 1.85 bits per heavy atom. The van der Waals surface area contributed by atoms with Gasteiger partial charge in [0.1, 0.15) is 0 Å². The Kier molecular flexibility index (Phi) is 7.96. The second-order valence-corrected chi connectivity index (χ2v) is 8.31. The molecule has 0 spiro atoms. The Labute approximate surface area is 192 Å². The Morgan fingerprint density at radius 1 is 0.848 bits per heavy atom. The Balaban J connectivity index is 1.64. The lowest BCUT2D eigenvalue weighted by molar-refractivity contribution is 0.483. The molecular weight excluding hydrogens is 440 g/mol. The van der Waals surface area contributed by atoms with E-state index in [2.05, 4.69) is 31.4 Å². The highest BCUT2D eigenvalue weighted by Crippen LogP contribution is 2.25. The van der Waals surface area contributed by atoms with Crippen molar-refractivity contribution in [2.45, 2.75) is 18.2 Å². The molecule has 0 aliphatic rings.